The Labute approximate surface area is 111 Å². The third-order valence-corrected chi connectivity index (χ3v) is 3.77. The number of aryl methyl sites for hydroxylation is 1. The molecule has 1 aromatic rings. The lowest BCUT2D eigenvalue weighted by molar-refractivity contribution is 0.261. The standard InChI is InChI=1S/C15H26N2O/c1-5-16-9-13-8-14(18-12(13)2)10-17-7-6-15(3,4)11-17/h8,16H,5-7,9-11H2,1-4H3. The molecule has 0 spiro atoms. The molecule has 1 aliphatic rings. The molecule has 0 aromatic carbocycles. The van der Waals surface area contributed by atoms with E-state index in [4.69, 9.17) is 4.42 Å². The van der Waals surface area contributed by atoms with Gasteiger partial charge in [0.15, 0.2) is 0 Å². The Balaban J connectivity index is 1.94. The summed E-state index contributed by atoms with van der Waals surface area (Å²) < 4.78 is 5.86. The average Bonchev–Trinajstić information content (AvgIpc) is 2.80. The summed E-state index contributed by atoms with van der Waals surface area (Å²) in [6.07, 6.45) is 1.29. The van der Waals surface area contributed by atoms with E-state index in [9.17, 15) is 0 Å². The lowest BCUT2D eigenvalue weighted by Crippen LogP contribution is -2.22. The molecule has 1 N–H and O–H groups in total. The zero-order valence-electron chi connectivity index (χ0n) is 12.2. The Bertz CT molecular complexity index is 395. The van der Waals surface area contributed by atoms with Crippen LogP contribution in [0.4, 0.5) is 0 Å². The molecule has 0 bridgehead atoms. The van der Waals surface area contributed by atoms with Crippen LogP contribution in [0.15, 0.2) is 10.5 Å². The van der Waals surface area contributed by atoms with Crippen molar-refractivity contribution in [3.63, 3.8) is 0 Å². The van der Waals surface area contributed by atoms with Gasteiger partial charge in [-0.3, -0.25) is 4.90 Å². The van der Waals surface area contributed by atoms with Gasteiger partial charge in [0.25, 0.3) is 0 Å². The van der Waals surface area contributed by atoms with Crippen molar-refractivity contribution in [3.8, 4) is 0 Å². The average molecular weight is 250 g/mol. The van der Waals surface area contributed by atoms with E-state index in [1.807, 2.05) is 0 Å². The minimum atomic E-state index is 0.467. The number of nitrogens with one attached hydrogen (secondary N) is 1. The highest BCUT2D eigenvalue weighted by atomic mass is 16.3. The van der Waals surface area contributed by atoms with Crippen LogP contribution in [0.2, 0.25) is 0 Å². The summed E-state index contributed by atoms with van der Waals surface area (Å²) in [4.78, 5) is 2.50. The zero-order chi connectivity index (χ0) is 13.2. The summed E-state index contributed by atoms with van der Waals surface area (Å²) in [5.74, 6) is 2.17. The third kappa shape index (κ3) is 3.36. The van der Waals surface area contributed by atoms with Crippen LogP contribution in [0.3, 0.4) is 0 Å². The Kier molecular flexibility index (Phi) is 4.13. The van der Waals surface area contributed by atoms with E-state index >= 15 is 0 Å². The topological polar surface area (TPSA) is 28.4 Å². The zero-order valence-corrected chi connectivity index (χ0v) is 12.2. The minimum absolute atomic E-state index is 0.467. The first-order chi connectivity index (χ1) is 8.50. The van der Waals surface area contributed by atoms with E-state index in [-0.39, 0.29) is 0 Å². The maximum atomic E-state index is 5.86. The summed E-state index contributed by atoms with van der Waals surface area (Å²) in [5, 5.41) is 3.35. The maximum absolute atomic E-state index is 5.86. The molecule has 1 fully saturated rings. The number of furan rings is 1. The van der Waals surface area contributed by atoms with Crippen LogP contribution in [-0.2, 0) is 13.1 Å². The molecule has 18 heavy (non-hydrogen) atoms. The van der Waals surface area contributed by atoms with Gasteiger partial charge in [-0.15, -0.1) is 0 Å². The van der Waals surface area contributed by atoms with Crippen LogP contribution in [-0.4, -0.2) is 24.5 Å². The van der Waals surface area contributed by atoms with Crippen molar-refractivity contribution in [2.24, 2.45) is 5.41 Å². The minimum Gasteiger partial charge on any atom is -0.465 e. The van der Waals surface area contributed by atoms with Crippen molar-refractivity contribution in [2.75, 3.05) is 19.6 Å². The maximum Gasteiger partial charge on any atom is 0.118 e. The molecule has 2 heterocycles. The van der Waals surface area contributed by atoms with Crippen LogP contribution in [0.1, 0.15) is 44.3 Å². The van der Waals surface area contributed by atoms with Gasteiger partial charge in [-0.1, -0.05) is 20.8 Å². The first-order valence-electron chi connectivity index (χ1n) is 7.01. The second-order valence-corrected chi connectivity index (χ2v) is 6.20. The molecule has 3 nitrogen and oxygen atoms in total. The number of hydrogen-bond acceptors (Lipinski definition) is 3. The number of rotatable bonds is 5. The second kappa shape index (κ2) is 5.45. The summed E-state index contributed by atoms with van der Waals surface area (Å²) in [6.45, 7) is 14.1. The highest BCUT2D eigenvalue weighted by molar-refractivity contribution is 5.20. The fourth-order valence-corrected chi connectivity index (χ4v) is 2.68. The van der Waals surface area contributed by atoms with Gasteiger partial charge in [-0.05, 0) is 37.9 Å². The van der Waals surface area contributed by atoms with Crippen LogP contribution >= 0.6 is 0 Å². The predicted octanol–water partition coefficient (Wildman–Crippen LogP) is 2.93. The van der Waals surface area contributed by atoms with E-state index in [2.05, 4.69) is 44.0 Å². The highest BCUT2D eigenvalue weighted by Crippen LogP contribution is 2.30. The number of likely N-dealkylation sites (tertiary alicyclic amines) is 1. The normalized spacial score (nSPS) is 19.6. The second-order valence-electron chi connectivity index (χ2n) is 6.20. The fourth-order valence-electron chi connectivity index (χ4n) is 2.68. The van der Waals surface area contributed by atoms with Crippen LogP contribution in [0, 0.1) is 12.3 Å². The van der Waals surface area contributed by atoms with Crippen molar-refractivity contribution in [3.05, 3.63) is 23.2 Å². The van der Waals surface area contributed by atoms with E-state index in [0.29, 0.717) is 5.41 Å². The molecule has 0 aliphatic carbocycles. The third-order valence-electron chi connectivity index (χ3n) is 3.77. The van der Waals surface area contributed by atoms with Crippen molar-refractivity contribution in [1.82, 2.24) is 10.2 Å². The summed E-state index contributed by atoms with van der Waals surface area (Å²) >= 11 is 0. The van der Waals surface area contributed by atoms with Crippen LogP contribution < -0.4 is 5.32 Å². The van der Waals surface area contributed by atoms with Gasteiger partial charge < -0.3 is 9.73 Å². The Morgan fingerprint density at radius 1 is 1.44 bits per heavy atom. The largest absolute Gasteiger partial charge is 0.465 e. The lowest BCUT2D eigenvalue weighted by atomic mass is 9.93. The first-order valence-corrected chi connectivity index (χ1v) is 7.01. The van der Waals surface area contributed by atoms with Gasteiger partial charge >= 0.3 is 0 Å². The highest BCUT2D eigenvalue weighted by Gasteiger charge is 2.29. The molecule has 3 heteroatoms. The summed E-state index contributed by atoms with van der Waals surface area (Å²) in [7, 11) is 0. The Morgan fingerprint density at radius 3 is 2.83 bits per heavy atom. The summed E-state index contributed by atoms with van der Waals surface area (Å²) in [6, 6.07) is 2.21. The van der Waals surface area contributed by atoms with Crippen molar-refractivity contribution in [2.45, 2.75) is 47.2 Å². The fraction of sp³-hybridized carbons (Fsp3) is 0.733. The van der Waals surface area contributed by atoms with E-state index in [1.54, 1.807) is 0 Å². The predicted molar refractivity (Wildman–Crippen MR) is 74.5 cm³/mol. The van der Waals surface area contributed by atoms with E-state index in [1.165, 1.54) is 25.1 Å². The summed E-state index contributed by atoms with van der Waals surface area (Å²) in [5.41, 5.74) is 1.76. The molecular formula is C15H26N2O. The quantitative estimate of drug-likeness (QED) is 0.871. The van der Waals surface area contributed by atoms with Gasteiger partial charge in [0.1, 0.15) is 11.5 Å². The lowest BCUT2D eigenvalue weighted by Gasteiger charge is -2.18. The molecule has 0 atom stereocenters. The number of nitrogens with zero attached hydrogens (tertiary/aromatic N) is 1. The molecule has 0 amide bonds. The van der Waals surface area contributed by atoms with Crippen molar-refractivity contribution in [1.29, 1.82) is 0 Å². The Morgan fingerprint density at radius 2 is 2.22 bits per heavy atom. The van der Waals surface area contributed by atoms with Gasteiger partial charge in [-0.25, -0.2) is 0 Å². The van der Waals surface area contributed by atoms with Crippen molar-refractivity contribution < 1.29 is 4.42 Å². The molecule has 102 valence electrons. The molecule has 1 saturated heterocycles. The molecule has 1 aromatic heterocycles. The molecule has 2 rings (SSSR count). The van der Waals surface area contributed by atoms with Gasteiger partial charge in [0.2, 0.25) is 0 Å². The van der Waals surface area contributed by atoms with Gasteiger partial charge in [0, 0.05) is 18.7 Å². The molecule has 0 unspecified atom stereocenters. The van der Waals surface area contributed by atoms with Gasteiger partial charge in [-0.2, -0.15) is 0 Å². The molecular weight excluding hydrogens is 224 g/mol. The molecule has 1 aliphatic heterocycles. The monoisotopic (exact) mass is 250 g/mol. The van der Waals surface area contributed by atoms with E-state index < -0.39 is 0 Å². The first kappa shape index (κ1) is 13.6. The number of hydrogen-bond donors (Lipinski definition) is 1. The molecule has 0 saturated carbocycles. The van der Waals surface area contributed by atoms with Crippen LogP contribution in [0.5, 0.6) is 0 Å². The van der Waals surface area contributed by atoms with Crippen molar-refractivity contribution >= 4 is 0 Å². The van der Waals surface area contributed by atoms with Gasteiger partial charge in [0.05, 0.1) is 6.54 Å². The smallest absolute Gasteiger partial charge is 0.118 e. The Hall–Kier alpha value is -0.800. The van der Waals surface area contributed by atoms with Crippen LogP contribution in [0.25, 0.3) is 0 Å². The SMILES string of the molecule is CCNCc1cc(CN2CCC(C)(C)C2)oc1C. The molecule has 0 radical (unpaired) electrons. The van der Waals surface area contributed by atoms with E-state index in [0.717, 1.165) is 31.2 Å².